The third-order valence-electron chi connectivity index (χ3n) is 5.04. The fourth-order valence-corrected chi connectivity index (χ4v) is 3.47. The summed E-state index contributed by atoms with van der Waals surface area (Å²) in [6, 6.07) is 3.86. The molecule has 27 heavy (non-hydrogen) atoms. The summed E-state index contributed by atoms with van der Waals surface area (Å²) in [5, 5.41) is 5.91. The molecule has 0 saturated carbocycles. The Labute approximate surface area is 162 Å². The summed E-state index contributed by atoms with van der Waals surface area (Å²) in [5.74, 6) is 0.204. The standard InChI is InChI=1S/C20H32N4O3/c1-6-19(25)22-16-11-15(18(27-5)12-17(16)23(3)4)20(26)21-13-14-9-8-10-24(14)7-2/h11-12,14H,6-10,13H2,1-5H3,(H,21,26)(H,22,25)/t14-/m0/s1. The van der Waals surface area contributed by atoms with Gasteiger partial charge < -0.3 is 20.3 Å². The van der Waals surface area contributed by atoms with Crippen LogP contribution >= 0.6 is 0 Å². The number of hydrogen-bond acceptors (Lipinski definition) is 5. The van der Waals surface area contributed by atoms with Crippen LogP contribution in [0.3, 0.4) is 0 Å². The zero-order valence-corrected chi connectivity index (χ0v) is 17.1. The molecule has 0 aromatic heterocycles. The molecule has 2 N–H and O–H groups in total. The third-order valence-corrected chi connectivity index (χ3v) is 5.04. The van der Waals surface area contributed by atoms with E-state index >= 15 is 0 Å². The fraction of sp³-hybridized carbons (Fsp3) is 0.600. The summed E-state index contributed by atoms with van der Waals surface area (Å²) in [4.78, 5) is 29.0. The molecule has 1 aromatic carbocycles. The van der Waals surface area contributed by atoms with Gasteiger partial charge in [0.1, 0.15) is 5.75 Å². The number of anilines is 2. The predicted molar refractivity (Wildman–Crippen MR) is 109 cm³/mol. The molecule has 150 valence electrons. The lowest BCUT2D eigenvalue weighted by atomic mass is 10.1. The number of amides is 2. The second-order valence-electron chi connectivity index (χ2n) is 7.00. The van der Waals surface area contributed by atoms with Crippen LogP contribution < -0.4 is 20.3 Å². The number of likely N-dealkylation sites (tertiary alicyclic amines) is 1. The Bertz CT molecular complexity index is 675. The SMILES string of the molecule is CCC(=O)Nc1cc(C(=O)NC[C@@H]2CCCN2CC)c(OC)cc1N(C)C. The van der Waals surface area contributed by atoms with Gasteiger partial charge in [-0.25, -0.2) is 0 Å². The molecule has 0 radical (unpaired) electrons. The molecule has 1 saturated heterocycles. The smallest absolute Gasteiger partial charge is 0.255 e. The van der Waals surface area contributed by atoms with Gasteiger partial charge in [-0.15, -0.1) is 0 Å². The first kappa shape index (κ1) is 21.0. The van der Waals surface area contributed by atoms with Gasteiger partial charge in [0.2, 0.25) is 5.91 Å². The first-order valence-corrected chi connectivity index (χ1v) is 9.62. The first-order valence-electron chi connectivity index (χ1n) is 9.62. The number of carbonyl (C=O) groups is 2. The summed E-state index contributed by atoms with van der Waals surface area (Å²) in [7, 11) is 5.32. The summed E-state index contributed by atoms with van der Waals surface area (Å²) in [5.41, 5.74) is 1.82. The van der Waals surface area contributed by atoms with Gasteiger partial charge in [-0.2, -0.15) is 0 Å². The van der Waals surface area contributed by atoms with E-state index in [9.17, 15) is 9.59 Å². The maximum atomic E-state index is 12.8. The predicted octanol–water partition coefficient (Wildman–Crippen LogP) is 2.32. The molecule has 2 amide bonds. The first-order chi connectivity index (χ1) is 12.9. The van der Waals surface area contributed by atoms with Crippen molar-refractivity contribution in [3.63, 3.8) is 0 Å². The molecule has 1 aromatic rings. The number of nitrogens with zero attached hydrogens (tertiary/aromatic N) is 2. The van der Waals surface area contributed by atoms with Gasteiger partial charge in [0, 0.05) is 39.2 Å². The van der Waals surface area contributed by atoms with Crippen molar-refractivity contribution in [3.05, 3.63) is 17.7 Å². The summed E-state index contributed by atoms with van der Waals surface area (Å²) in [6.07, 6.45) is 2.64. The molecular formula is C20H32N4O3. The maximum absolute atomic E-state index is 12.8. The van der Waals surface area contributed by atoms with E-state index in [0.29, 0.717) is 36.0 Å². The molecule has 7 nitrogen and oxygen atoms in total. The highest BCUT2D eigenvalue weighted by Crippen LogP contribution is 2.33. The quantitative estimate of drug-likeness (QED) is 0.728. The van der Waals surface area contributed by atoms with Crippen molar-refractivity contribution in [3.8, 4) is 5.75 Å². The van der Waals surface area contributed by atoms with Crippen molar-refractivity contribution < 1.29 is 14.3 Å². The molecule has 0 spiro atoms. The molecule has 1 heterocycles. The maximum Gasteiger partial charge on any atom is 0.255 e. The molecule has 7 heteroatoms. The van der Waals surface area contributed by atoms with Crippen molar-refractivity contribution in [1.29, 1.82) is 0 Å². The lowest BCUT2D eigenvalue weighted by Crippen LogP contribution is -2.40. The minimum absolute atomic E-state index is 0.0980. The van der Waals surface area contributed by atoms with E-state index in [2.05, 4.69) is 22.5 Å². The number of methoxy groups -OCH3 is 1. The highest BCUT2D eigenvalue weighted by molar-refractivity contribution is 6.02. The Balaban J connectivity index is 2.23. The average Bonchev–Trinajstić information content (AvgIpc) is 3.12. The fourth-order valence-electron chi connectivity index (χ4n) is 3.47. The monoisotopic (exact) mass is 376 g/mol. The molecular weight excluding hydrogens is 344 g/mol. The lowest BCUT2D eigenvalue weighted by Gasteiger charge is -2.24. The van der Waals surface area contributed by atoms with Crippen LogP contribution in [0.4, 0.5) is 11.4 Å². The van der Waals surface area contributed by atoms with Gasteiger partial charge in [0.15, 0.2) is 0 Å². The lowest BCUT2D eigenvalue weighted by molar-refractivity contribution is -0.115. The van der Waals surface area contributed by atoms with Crippen LogP contribution in [0.5, 0.6) is 5.75 Å². The molecule has 1 aliphatic rings. The molecule has 1 aliphatic heterocycles. The molecule has 0 aliphatic carbocycles. The van der Waals surface area contributed by atoms with E-state index in [0.717, 1.165) is 25.2 Å². The largest absolute Gasteiger partial charge is 0.496 e. The zero-order chi connectivity index (χ0) is 20.0. The van der Waals surface area contributed by atoms with Crippen LogP contribution in [0.2, 0.25) is 0 Å². The van der Waals surface area contributed by atoms with Crippen LogP contribution in [-0.2, 0) is 4.79 Å². The number of likely N-dealkylation sites (N-methyl/N-ethyl adjacent to an activating group) is 1. The highest BCUT2D eigenvalue weighted by Gasteiger charge is 2.24. The number of benzene rings is 1. The minimum Gasteiger partial charge on any atom is -0.496 e. The molecule has 0 bridgehead atoms. The third kappa shape index (κ3) is 5.13. The van der Waals surface area contributed by atoms with Crippen molar-refractivity contribution in [2.24, 2.45) is 0 Å². The van der Waals surface area contributed by atoms with Crippen LogP contribution in [0.25, 0.3) is 0 Å². The number of rotatable bonds is 8. The van der Waals surface area contributed by atoms with Crippen molar-refractivity contribution in [2.45, 2.75) is 39.2 Å². The van der Waals surface area contributed by atoms with E-state index in [1.807, 2.05) is 19.0 Å². The number of carbonyl (C=O) groups excluding carboxylic acids is 2. The molecule has 2 rings (SSSR count). The van der Waals surface area contributed by atoms with Crippen LogP contribution in [0, 0.1) is 0 Å². The van der Waals surface area contributed by atoms with E-state index in [1.165, 1.54) is 6.42 Å². The second kappa shape index (κ2) is 9.60. The van der Waals surface area contributed by atoms with E-state index < -0.39 is 0 Å². The minimum atomic E-state index is -0.188. The van der Waals surface area contributed by atoms with Gasteiger partial charge in [0.25, 0.3) is 5.91 Å². The Kier molecular flexibility index (Phi) is 7.47. The van der Waals surface area contributed by atoms with Gasteiger partial charge in [-0.05, 0) is 32.0 Å². The summed E-state index contributed by atoms with van der Waals surface area (Å²) >= 11 is 0. The summed E-state index contributed by atoms with van der Waals surface area (Å²) < 4.78 is 5.45. The van der Waals surface area contributed by atoms with Gasteiger partial charge >= 0.3 is 0 Å². The van der Waals surface area contributed by atoms with Crippen molar-refractivity contribution in [2.75, 3.05) is 51.1 Å². The van der Waals surface area contributed by atoms with Crippen LogP contribution in [0.15, 0.2) is 12.1 Å². The average molecular weight is 377 g/mol. The molecule has 0 unspecified atom stereocenters. The second-order valence-corrected chi connectivity index (χ2v) is 7.00. The van der Waals surface area contributed by atoms with E-state index in [1.54, 1.807) is 26.2 Å². The number of ether oxygens (including phenoxy) is 1. The molecule has 1 fully saturated rings. The summed E-state index contributed by atoms with van der Waals surface area (Å²) in [6.45, 7) is 6.64. The van der Waals surface area contributed by atoms with Gasteiger partial charge in [0.05, 0.1) is 24.0 Å². The zero-order valence-electron chi connectivity index (χ0n) is 17.1. The normalized spacial score (nSPS) is 16.9. The number of hydrogen-bond donors (Lipinski definition) is 2. The van der Waals surface area contributed by atoms with Gasteiger partial charge in [-0.1, -0.05) is 13.8 Å². The van der Waals surface area contributed by atoms with Crippen molar-refractivity contribution in [1.82, 2.24) is 10.2 Å². The highest BCUT2D eigenvalue weighted by atomic mass is 16.5. The van der Waals surface area contributed by atoms with Gasteiger partial charge in [-0.3, -0.25) is 14.5 Å². The Hall–Kier alpha value is -2.28. The van der Waals surface area contributed by atoms with Crippen molar-refractivity contribution >= 4 is 23.2 Å². The van der Waals surface area contributed by atoms with Crippen LogP contribution in [-0.4, -0.2) is 63.6 Å². The van der Waals surface area contributed by atoms with E-state index in [4.69, 9.17) is 4.74 Å². The van der Waals surface area contributed by atoms with E-state index in [-0.39, 0.29) is 11.8 Å². The Morgan fingerprint density at radius 2 is 2.04 bits per heavy atom. The number of nitrogens with one attached hydrogen (secondary N) is 2. The topological polar surface area (TPSA) is 73.9 Å². The molecule has 1 atom stereocenters. The Morgan fingerprint density at radius 1 is 1.30 bits per heavy atom. The van der Waals surface area contributed by atoms with Crippen LogP contribution in [0.1, 0.15) is 43.5 Å². The Morgan fingerprint density at radius 3 is 2.63 bits per heavy atom.